The van der Waals surface area contributed by atoms with Crippen molar-refractivity contribution in [2.45, 2.75) is 20.3 Å². The molecule has 1 rings (SSSR count). The van der Waals surface area contributed by atoms with Gasteiger partial charge in [-0.1, -0.05) is 0 Å². The van der Waals surface area contributed by atoms with Gasteiger partial charge in [0.25, 0.3) is 0 Å². The van der Waals surface area contributed by atoms with Crippen LogP contribution in [-0.2, 0) is 18.2 Å². The molecule has 0 fully saturated rings. The van der Waals surface area contributed by atoms with E-state index in [4.69, 9.17) is 0 Å². The van der Waals surface area contributed by atoms with Gasteiger partial charge in [-0.25, -0.2) is 4.79 Å². The van der Waals surface area contributed by atoms with Crippen LogP contribution in [0.25, 0.3) is 0 Å². The molecule has 15 heavy (non-hydrogen) atoms. The number of hydrogen-bond donors (Lipinski definition) is 1. The van der Waals surface area contributed by atoms with Crippen molar-refractivity contribution in [1.29, 1.82) is 0 Å². The van der Waals surface area contributed by atoms with Crippen LogP contribution in [-0.4, -0.2) is 24.3 Å². The maximum absolute atomic E-state index is 10.8. The van der Waals surface area contributed by atoms with E-state index in [1.807, 2.05) is 7.05 Å². The molecule has 0 aromatic carbocycles. The molecule has 0 aliphatic rings. The van der Waals surface area contributed by atoms with Crippen molar-refractivity contribution < 1.29 is 9.53 Å². The van der Waals surface area contributed by atoms with Crippen LogP contribution in [0.5, 0.6) is 0 Å². The van der Waals surface area contributed by atoms with Crippen molar-refractivity contribution in [2.75, 3.05) is 13.7 Å². The van der Waals surface area contributed by atoms with Gasteiger partial charge in [0, 0.05) is 25.0 Å². The van der Waals surface area contributed by atoms with E-state index in [9.17, 15) is 4.79 Å². The van der Waals surface area contributed by atoms with E-state index in [0.29, 0.717) is 6.54 Å². The molecule has 84 valence electrons. The summed E-state index contributed by atoms with van der Waals surface area (Å²) in [6, 6.07) is 2.15. The van der Waals surface area contributed by atoms with Gasteiger partial charge >= 0.3 is 6.09 Å². The van der Waals surface area contributed by atoms with Crippen LogP contribution < -0.4 is 5.32 Å². The Morgan fingerprint density at radius 2 is 2.20 bits per heavy atom. The Bertz CT molecular complexity index is 356. The molecule has 0 atom stereocenters. The number of rotatable bonds is 3. The second-order valence-corrected chi connectivity index (χ2v) is 3.62. The van der Waals surface area contributed by atoms with Crippen molar-refractivity contribution in [3.05, 3.63) is 23.0 Å². The number of nitrogens with one attached hydrogen (secondary N) is 1. The van der Waals surface area contributed by atoms with Crippen molar-refractivity contribution in [3.8, 4) is 0 Å². The summed E-state index contributed by atoms with van der Waals surface area (Å²) in [5, 5.41) is 2.67. The Morgan fingerprint density at radius 1 is 1.53 bits per heavy atom. The molecule has 0 unspecified atom stereocenters. The van der Waals surface area contributed by atoms with Crippen LogP contribution in [0.4, 0.5) is 4.79 Å². The molecular formula is C11H18N2O2. The molecule has 1 N–H and O–H groups in total. The molecule has 1 heterocycles. The first-order chi connectivity index (χ1) is 7.06. The minimum atomic E-state index is -0.375. The summed E-state index contributed by atoms with van der Waals surface area (Å²) in [7, 11) is 3.41. The molecule has 0 radical (unpaired) electrons. The van der Waals surface area contributed by atoms with Crippen LogP contribution in [0.2, 0.25) is 0 Å². The number of alkyl carbamates (subject to hydrolysis) is 1. The lowest BCUT2D eigenvalue weighted by atomic mass is 10.2. The van der Waals surface area contributed by atoms with E-state index >= 15 is 0 Å². The lowest BCUT2D eigenvalue weighted by molar-refractivity contribution is 0.171. The van der Waals surface area contributed by atoms with Crippen LogP contribution in [0.15, 0.2) is 6.07 Å². The van der Waals surface area contributed by atoms with Gasteiger partial charge in [0.2, 0.25) is 0 Å². The molecule has 0 aliphatic carbocycles. The zero-order chi connectivity index (χ0) is 11.4. The summed E-state index contributed by atoms with van der Waals surface area (Å²) in [6.07, 6.45) is 0.461. The lowest BCUT2D eigenvalue weighted by Gasteiger charge is -2.04. The predicted octanol–water partition coefficient (Wildman–Crippen LogP) is 1.54. The zero-order valence-corrected chi connectivity index (χ0v) is 9.76. The summed E-state index contributed by atoms with van der Waals surface area (Å²) in [4.78, 5) is 10.8. The predicted molar refractivity (Wildman–Crippen MR) is 59.0 cm³/mol. The number of carbonyl (C=O) groups excluding carboxylic acids is 1. The van der Waals surface area contributed by atoms with Gasteiger partial charge in [-0.3, -0.25) is 0 Å². The average Bonchev–Trinajstić information content (AvgIpc) is 2.46. The topological polar surface area (TPSA) is 43.3 Å². The van der Waals surface area contributed by atoms with Gasteiger partial charge in [-0.15, -0.1) is 0 Å². The monoisotopic (exact) mass is 210 g/mol. The SMILES string of the molecule is COC(=O)NCCc1cc(C)n(C)c1C. The Balaban J connectivity index is 2.51. The van der Waals surface area contributed by atoms with Crippen molar-refractivity contribution >= 4 is 6.09 Å². The second-order valence-electron chi connectivity index (χ2n) is 3.62. The highest BCUT2D eigenvalue weighted by Gasteiger charge is 2.06. The highest BCUT2D eigenvalue weighted by atomic mass is 16.5. The fraction of sp³-hybridized carbons (Fsp3) is 0.545. The molecule has 0 spiro atoms. The number of ether oxygens (including phenoxy) is 1. The molecule has 1 aromatic heterocycles. The number of aryl methyl sites for hydroxylation is 1. The Labute approximate surface area is 90.2 Å². The van der Waals surface area contributed by atoms with E-state index < -0.39 is 0 Å². The van der Waals surface area contributed by atoms with E-state index in [2.05, 4.69) is 34.5 Å². The highest BCUT2D eigenvalue weighted by molar-refractivity contribution is 5.66. The second kappa shape index (κ2) is 4.87. The van der Waals surface area contributed by atoms with E-state index in [0.717, 1.165) is 6.42 Å². The van der Waals surface area contributed by atoms with Crippen LogP contribution in [0.3, 0.4) is 0 Å². The molecule has 1 aromatic rings. The Kier molecular flexibility index (Phi) is 3.77. The van der Waals surface area contributed by atoms with Crippen molar-refractivity contribution in [1.82, 2.24) is 9.88 Å². The van der Waals surface area contributed by atoms with E-state index in [-0.39, 0.29) is 6.09 Å². The quantitative estimate of drug-likeness (QED) is 0.822. The Morgan fingerprint density at radius 3 is 2.67 bits per heavy atom. The minimum Gasteiger partial charge on any atom is -0.453 e. The van der Waals surface area contributed by atoms with Crippen LogP contribution >= 0.6 is 0 Å². The number of aromatic nitrogens is 1. The summed E-state index contributed by atoms with van der Waals surface area (Å²) in [5.41, 5.74) is 3.76. The molecule has 0 saturated heterocycles. The molecule has 0 saturated carbocycles. The third-order valence-corrected chi connectivity index (χ3v) is 2.73. The number of carbonyl (C=O) groups is 1. The van der Waals surface area contributed by atoms with Gasteiger partial charge in [-0.2, -0.15) is 0 Å². The first kappa shape index (κ1) is 11.6. The molecule has 4 nitrogen and oxygen atoms in total. The maximum Gasteiger partial charge on any atom is 0.406 e. The average molecular weight is 210 g/mol. The summed E-state index contributed by atoms with van der Waals surface area (Å²) >= 11 is 0. The van der Waals surface area contributed by atoms with Gasteiger partial charge in [-0.05, 0) is 31.9 Å². The third-order valence-electron chi connectivity index (χ3n) is 2.73. The normalized spacial score (nSPS) is 10.1. The number of amides is 1. The van der Waals surface area contributed by atoms with E-state index in [1.165, 1.54) is 24.1 Å². The van der Waals surface area contributed by atoms with Gasteiger partial charge < -0.3 is 14.6 Å². The molecule has 0 aliphatic heterocycles. The molecular weight excluding hydrogens is 192 g/mol. The molecule has 0 bridgehead atoms. The first-order valence-corrected chi connectivity index (χ1v) is 5.00. The fourth-order valence-electron chi connectivity index (χ4n) is 1.56. The van der Waals surface area contributed by atoms with Crippen LogP contribution in [0, 0.1) is 13.8 Å². The lowest BCUT2D eigenvalue weighted by Crippen LogP contribution is -2.25. The third kappa shape index (κ3) is 2.75. The van der Waals surface area contributed by atoms with Crippen molar-refractivity contribution in [3.63, 3.8) is 0 Å². The van der Waals surface area contributed by atoms with Gasteiger partial charge in [0.1, 0.15) is 0 Å². The summed E-state index contributed by atoms with van der Waals surface area (Å²) in [6.45, 7) is 4.77. The summed E-state index contributed by atoms with van der Waals surface area (Å²) < 4.78 is 6.64. The first-order valence-electron chi connectivity index (χ1n) is 5.00. The minimum absolute atomic E-state index is 0.375. The standard InChI is InChI=1S/C11H18N2O2/c1-8-7-10(9(2)13(8)3)5-6-12-11(14)15-4/h7H,5-6H2,1-4H3,(H,12,14). The van der Waals surface area contributed by atoms with Gasteiger partial charge in [0.15, 0.2) is 0 Å². The number of nitrogens with zero attached hydrogens (tertiary/aromatic N) is 1. The molecule has 4 heteroatoms. The van der Waals surface area contributed by atoms with Crippen molar-refractivity contribution in [2.24, 2.45) is 7.05 Å². The van der Waals surface area contributed by atoms with Gasteiger partial charge in [0.05, 0.1) is 7.11 Å². The Hall–Kier alpha value is -1.45. The fourth-order valence-corrected chi connectivity index (χ4v) is 1.56. The van der Waals surface area contributed by atoms with Crippen LogP contribution in [0.1, 0.15) is 17.0 Å². The van der Waals surface area contributed by atoms with E-state index in [1.54, 1.807) is 0 Å². The maximum atomic E-state index is 10.8. The highest BCUT2D eigenvalue weighted by Crippen LogP contribution is 2.13. The zero-order valence-electron chi connectivity index (χ0n) is 9.76. The number of methoxy groups -OCH3 is 1. The smallest absolute Gasteiger partial charge is 0.406 e. The summed E-state index contributed by atoms with van der Waals surface area (Å²) in [5.74, 6) is 0. The number of hydrogen-bond acceptors (Lipinski definition) is 2. The molecule has 1 amide bonds. The largest absolute Gasteiger partial charge is 0.453 e.